The summed E-state index contributed by atoms with van der Waals surface area (Å²) in [4.78, 5) is 18.1. The van der Waals surface area contributed by atoms with Crippen LogP contribution in [0.1, 0.15) is 10.4 Å². The first-order chi connectivity index (χ1) is 11.2. The molecule has 0 aliphatic rings. The number of anilines is 1. The molecule has 2 aromatic heterocycles. The van der Waals surface area contributed by atoms with Gasteiger partial charge in [-0.05, 0) is 23.6 Å². The fourth-order valence-corrected chi connectivity index (χ4v) is 3.57. The van der Waals surface area contributed by atoms with Crippen LogP contribution < -0.4 is 14.8 Å². The Kier molecular flexibility index (Phi) is 4.59. The number of nitrogens with one attached hydrogen (secondary N) is 1. The monoisotopic (exact) mass is 346 g/mol. The summed E-state index contributed by atoms with van der Waals surface area (Å²) in [5, 5.41) is 7.25. The molecule has 0 unspecified atom stereocenters. The second-order valence-electron chi connectivity index (χ2n) is 4.51. The quantitative estimate of drug-likeness (QED) is 0.754. The van der Waals surface area contributed by atoms with Gasteiger partial charge in [0.1, 0.15) is 17.1 Å². The second kappa shape index (κ2) is 6.80. The van der Waals surface area contributed by atoms with Crippen LogP contribution in [-0.2, 0) is 0 Å². The van der Waals surface area contributed by atoms with Crippen LogP contribution >= 0.6 is 22.7 Å². The fraction of sp³-hybridized carbons (Fsp3) is 0.125. The van der Waals surface area contributed by atoms with Gasteiger partial charge in [-0.2, -0.15) is 0 Å². The van der Waals surface area contributed by atoms with Gasteiger partial charge in [-0.25, -0.2) is 4.98 Å². The molecule has 1 N–H and O–H groups in total. The molecule has 118 valence electrons. The Hall–Kier alpha value is -2.38. The smallest absolute Gasteiger partial charge is 0.265 e. The van der Waals surface area contributed by atoms with Crippen molar-refractivity contribution in [2.45, 2.75) is 0 Å². The number of thiophene rings is 1. The Morgan fingerprint density at radius 1 is 1.09 bits per heavy atom. The van der Waals surface area contributed by atoms with E-state index in [1.54, 1.807) is 29.5 Å². The third kappa shape index (κ3) is 3.20. The lowest BCUT2D eigenvalue weighted by atomic mass is 10.1. The largest absolute Gasteiger partial charge is 0.496 e. The summed E-state index contributed by atoms with van der Waals surface area (Å²) in [6.45, 7) is 0. The Labute approximate surface area is 141 Å². The van der Waals surface area contributed by atoms with E-state index in [1.165, 1.54) is 25.6 Å². The van der Waals surface area contributed by atoms with E-state index in [9.17, 15) is 4.79 Å². The molecule has 0 fully saturated rings. The number of benzene rings is 1. The average Bonchev–Trinajstić information content (AvgIpc) is 3.25. The van der Waals surface area contributed by atoms with Crippen molar-refractivity contribution in [1.82, 2.24) is 4.98 Å². The highest BCUT2D eigenvalue weighted by atomic mass is 32.1. The van der Waals surface area contributed by atoms with Crippen LogP contribution in [0.15, 0.2) is 41.1 Å². The van der Waals surface area contributed by atoms with Crippen molar-refractivity contribution in [2.24, 2.45) is 0 Å². The van der Waals surface area contributed by atoms with Crippen LogP contribution in [0.4, 0.5) is 5.13 Å². The number of hydrogen-bond donors (Lipinski definition) is 1. The first kappa shape index (κ1) is 15.5. The Balaban J connectivity index is 1.85. The van der Waals surface area contributed by atoms with E-state index in [0.29, 0.717) is 22.2 Å². The zero-order chi connectivity index (χ0) is 16.2. The summed E-state index contributed by atoms with van der Waals surface area (Å²) in [6, 6.07) is 9.17. The number of hydrogen-bond acceptors (Lipinski definition) is 6. The van der Waals surface area contributed by atoms with Crippen molar-refractivity contribution in [1.29, 1.82) is 0 Å². The minimum Gasteiger partial charge on any atom is -0.496 e. The molecular formula is C16H14N2O3S2. The van der Waals surface area contributed by atoms with Crippen LogP contribution in [0.25, 0.3) is 10.6 Å². The Morgan fingerprint density at radius 2 is 1.83 bits per heavy atom. The highest BCUT2D eigenvalue weighted by molar-refractivity contribution is 7.16. The van der Waals surface area contributed by atoms with Gasteiger partial charge in [-0.3, -0.25) is 10.1 Å². The van der Waals surface area contributed by atoms with Crippen LogP contribution in [0.2, 0.25) is 0 Å². The molecule has 0 bridgehead atoms. The molecule has 3 aromatic rings. The zero-order valence-corrected chi connectivity index (χ0v) is 14.2. The van der Waals surface area contributed by atoms with Gasteiger partial charge in [0.05, 0.1) is 24.8 Å². The van der Waals surface area contributed by atoms with Gasteiger partial charge >= 0.3 is 0 Å². The standard InChI is InChI=1S/C16H14N2O3S2/c1-20-11-5-3-6-12(21-2)14(11)15(19)18-16-17-10(9-23-16)13-7-4-8-22-13/h3-9H,1-2H3,(H,17,18,19). The second-order valence-corrected chi connectivity index (χ2v) is 6.31. The molecule has 0 saturated heterocycles. The summed E-state index contributed by atoms with van der Waals surface area (Å²) in [7, 11) is 3.04. The maximum atomic E-state index is 12.6. The number of thiazole rings is 1. The molecule has 1 amide bonds. The highest BCUT2D eigenvalue weighted by Crippen LogP contribution is 2.31. The SMILES string of the molecule is COc1cccc(OC)c1C(=O)Nc1nc(-c2cccs2)cs1. The van der Waals surface area contributed by atoms with Gasteiger partial charge in [0, 0.05) is 5.38 Å². The summed E-state index contributed by atoms with van der Waals surface area (Å²) in [6.07, 6.45) is 0. The Bertz CT molecular complexity index is 790. The van der Waals surface area contributed by atoms with Crippen LogP contribution in [0.5, 0.6) is 11.5 Å². The van der Waals surface area contributed by atoms with Gasteiger partial charge in [0.25, 0.3) is 5.91 Å². The first-order valence-corrected chi connectivity index (χ1v) is 8.50. The molecule has 0 radical (unpaired) electrons. The molecule has 0 aliphatic heterocycles. The molecule has 23 heavy (non-hydrogen) atoms. The normalized spacial score (nSPS) is 10.3. The van der Waals surface area contributed by atoms with Gasteiger partial charge in [0.15, 0.2) is 5.13 Å². The zero-order valence-electron chi connectivity index (χ0n) is 12.5. The molecular weight excluding hydrogens is 332 g/mol. The number of ether oxygens (including phenoxy) is 2. The lowest BCUT2D eigenvalue weighted by Gasteiger charge is -2.11. The van der Waals surface area contributed by atoms with Crippen molar-refractivity contribution >= 4 is 33.7 Å². The van der Waals surface area contributed by atoms with Crippen LogP contribution in [0.3, 0.4) is 0 Å². The maximum Gasteiger partial charge on any atom is 0.265 e. The van der Waals surface area contributed by atoms with Crippen molar-refractivity contribution in [3.63, 3.8) is 0 Å². The summed E-state index contributed by atoms with van der Waals surface area (Å²) in [5.41, 5.74) is 1.21. The number of carbonyl (C=O) groups is 1. The third-order valence-corrected chi connectivity index (χ3v) is 4.80. The predicted molar refractivity (Wildman–Crippen MR) is 92.9 cm³/mol. The minimum atomic E-state index is -0.314. The number of carbonyl (C=O) groups excluding carboxylic acids is 1. The molecule has 1 aromatic carbocycles. The number of rotatable bonds is 5. The van der Waals surface area contributed by atoms with E-state index < -0.39 is 0 Å². The molecule has 3 rings (SSSR count). The lowest BCUT2D eigenvalue weighted by molar-refractivity contribution is 0.102. The predicted octanol–water partition coefficient (Wildman–Crippen LogP) is 4.14. The molecule has 0 saturated carbocycles. The van der Waals surface area contributed by atoms with Gasteiger partial charge in [-0.15, -0.1) is 22.7 Å². The number of amides is 1. The third-order valence-electron chi connectivity index (χ3n) is 3.15. The maximum absolute atomic E-state index is 12.6. The van der Waals surface area contributed by atoms with E-state index in [0.717, 1.165) is 10.6 Å². The molecule has 5 nitrogen and oxygen atoms in total. The van der Waals surface area contributed by atoms with Crippen molar-refractivity contribution in [3.05, 3.63) is 46.7 Å². The van der Waals surface area contributed by atoms with Crippen molar-refractivity contribution in [3.8, 4) is 22.1 Å². The molecule has 0 atom stereocenters. The summed E-state index contributed by atoms with van der Waals surface area (Å²) in [5.74, 6) is 0.597. The fourth-order valence-electron chi connectivity index (χ4n) is 2.10. The van der Waals surface area contributed by atoms with Gasteiger partial charge in [0.2, 0.25) is 0 Å². The number of nitrogens with zero attached hydrogens (tertiary/aromatic N) is 1. The molecule has 2 heterocycles. The summed E-state index contributed by atoms with van der Waals surface area (Å²) < 4.78 is 10.5. The van der Waals surface area contributed by atoms with Crippen molar-refractivity contribution < 1.29 is 14.3 Å². The van der Waals surface area contributed by atoms with Crippen LogP contribution in [0, 0.1) is 0 Å². The Morgan fingerprint density at radius 3 is 2.43 bits per heavy atom. The minimum absolute atomic E-state index is 0.314. The van der Waals surface area contributed by atoms with E-state index >= 15 is 0 Å². The lowest BCUT2D eigenvalue weighted by Crippen LogP contribution is -2.14. The topological polar surface area (TPSA) is 60.5 Å². The van der Waals surface area contributed by atoms with E-state index in [1.807, 2.05) is 22.9 Å². The van der Waals surface area contributed by atoms with Crippen molar-refractivity contribution in [2.75, 3.05) is 19.5 Å². The number of aromatic nitrogens is 1. The molecule has 0 aliphatic carbocycles. The van der Waals surface area contributed by atoms with E-state index in [2.05, 4.69) is 10.3 Å². The van der Waals surface area contributed by atoms with Gasteiger partial charge < -0.3 is 9.47 Å². The molecule has 7 heteroatoms. The van der Waals surface area contributed by atoms with E-state index in [-0.39, 0.29) is 5.91 Å². The van der Waals surface area contributed by atoms with Gasteiger partial charge in [-0.1, -0.05) is 12.1 Å². The summed E-state index contributed by atoms with van der Waals surface area (Å²) >= 11 is 2.99. The van der Waals surface area contributed by atoms with E-state index in [4.69, 9.17) is 9.47 Å². The number of methoxy groups -OCH3 is 2. The van der Waals surface area contributed by atoms with Crippen LogP contribution in [-0.4, -0.2) is 25.1 Å². The highest BCUT2D eigenvalue weighted by Gasteiger charge is 2.19. The first-order valence-electron chi connectivity index (χ1n) is 6.74. The average molecular weight is 346 g/mol. The molecule has 0 spiro atoms.